The van der Waals surface area contributed by atoms with E-state index in [0.29, 0.717) is 11.3 Å². The lowest BCUT2D eigenvalue weighted by atomic mass is 10.1. The number of hydrogen-bond donors (Lipinski definition) is 0. The van der Waals surface area contributed by atoms with Gasteiger partial charge < -0.3 is 4.90 Å². The molecule has 0 aliphatic carbocycles. The molecule has 0 aliphatic rings. The number of aryl methyl sites for hydroxylation is 1. The van der Waals surface area contributed by atoms with Gasteiger partial charge in [0.2, 0.25) is 0 Å². The highest BCUT2D eigenvalue weighted by Crippen LogP contribution is 2.27. The van der Waals surface area contributed by atoms with Crippen LogP contribution in [0.5, 0.6) is 0 Å². The molecule has 2 nitrogen and oxygen atoms in total. The smallest absolute Gasteiger partial charge is 0.152 e. The van der Waals surface area contributed by atoms with Crippen LogP contribution in [0.1, 0.15) is 15.9 Å². The van der Waals surface area contributed by atoms with Gasteiger partial charge in [0.15, 0.2) is 6.29 Å². The van der Waals surface area contributed by atoms with Gasteiger partial charge in [-0.2, -0.15) is 0 Å². The van der Waals surface area contributed by atoms with Gasteiger partial charge in [-0.15, -0.1) is 0 Å². The summed E-state index contributed by atoms with van der Waals surface area (Å²) in [6.45, 7) is 1.93. The summed E-state index contributed by atoms with van der Waals surface area (Å²) in [5, 5.41) is 0. The Bertz CT molecular complexity index is 580. The van der Waals surface area contributed by atoms with Crippen molar-refractivity contribution in [1.82, 2.24) is 0 Å². The second-order valence-electron chi connectivity index (χ2n) is 4.22. The van der Waals surface area contributed by atoms with Crippen LogP contribution in [-0.2, 0) is 0 Å². The highest BCUT2D eigenvalue weighted by Gasteiger charge is 2.09. The number of rotatable bonds is 3. The molecule has 0 bridgehead atoms. The highest BCUT2D eigenvalue weighted by molar-refractivity contribution is 5.87. The van der Waals surface area contributed by atoms with Crippen LogP contribution in [0, 0.1) is 12.7 Å². The zero-order chi connectivity index (χ0) is 13.1. The lowest BCUT2D eigenvalue weighted by Gasteiger charge is -2.21. The van der Waals surface area contributed by atoms with Gasteiger partial charge in [-0.05, 0) is 37.3 Å². The van der Waals surface area contributed by atoms with E-state index in [4.69, 9.17) is 0 Å². The largest absolute Gasteiger partial charge is 0.344 e. The molecular weight excluding hydrogens is 229 g/mol. The van der Waals surface area contributed by atoms with Crippen LogP contribution in [0.3, 0.4) is 0 Å². The van der Waals surface area contributed by atoms with E-state index in [1.54, 1.807) is 17.0 Å². The van der Waals surface area contributed by atoms with Gasteiger partial charge in [0.1, 0.15) is 5.82 Å². The zero-order valence-electron chi connectivity index (χ0n) is 10.4. The molecule has 0 radical (unpaired) electrons. The topological polar surface area (TPSA) is 20.3 Å². The molecule has 18 heavy (non-hydrogen) atoms. The first-order valence-electron chi connectivity index (χ1n) is 5.67. The van der Waals surface area contributed by atoms with Crippen LogP contribution in [0.2, 0.25) is 0 Å². The number of anilines is 2. The summed E-state index contributed by atoms with van der Waals surface area (Å²) in [6, 6.07) is 11.9. The number of hydrogen-bond acceptors (Lipinski definition) is 2. The van der Waals surface area contributed by atoms with E-state index < -0.39 is 0 Å². The standard InChI is InChI=1S/C15H14FNO/c1-11-6-7-15(12(8-11)10-18)17(2)14-5-3-4-13(16)9-14/h3-10H,1-2H3. The molecule has 0 N–H and O–H groups in total. The summed E-state index contributed by atoms with van der Waals surface area (Å²) in [5.41, 5.74) is 3.10. The molecule has 0 saturated carbocycles. The number of aldehydes is 1. The van der Waals surface area contributed by atoms with E-state index >= 15 is 0 Å². The minimum Gasteiger partial charge on any atom is -0.344 e. The molecule has 0 heterocycles. The third-order valence-electron chi connectivity index (χ3n) is 2.87. The van der Waals surface area contributed by atoms with Crippen molar-refractivity contribution in [3.05, 3.63) is 59.4 Å². The van der Waals surface area contributed by atoms with E-state index in [-0.39, 0.29) is 5.82 Å². The Morgan fingerprint density at radius 2 is 1.94 bits per heavy atom. The van der Waals surface area contributed by atoms with Crippen molar-refractivity contribution < 1.29 is 9.18 Å². The second-order valence-corrected chi connectivity index (χ2v) is 4.22. The zero-order valence-corrected chi connectivity index (χ0v) is 10.4. The molecule has 3 heteroatoms. The SMILES string of the molecule is Cc1ccc(N(C)c2cccc(F)c2)c(C=O)c1. The molecule has 2 aromatic carbocycles. The molecule has 0 atom stereocenters. The normalized spacial score (nSPS) is 10.2. The number of carbonyl (C=O) groups is 1. The van der Waals surface area contributed by atoms with Crippen molar-refractivity contribution in [2.75, 3.05) is 11.9 Å². The quantitative estimate of drug-likeness (QED) is 0.766. The fraction of sp³-hybridized carbons (Fsp3) is 0.133. The minimum absolute atomic E-state index is 0.292. The Hall–Kier alpha value is -2.16. The monoisotopic (exact) mass is 243 g/mol. The number of halogens is 1. The van der Waals surface area contributed by atoms with E-state index in [1.165, 1.54) is 12.1 Å². The van der Waals surface area contributed by atoms with Gasteiger partial charge in [-0.3, -0.25) is 4.79 Å². The molecule has 0 aromatic heterocycles. The van der Waals surface area contributed by atoms with E-state index in [9.17, 15) is 9.18 Å². The molecular formula is C15H14FNO. The molecule has 0 amide bonds. The maximum absolute atomic E-state index is 13.2. The lowest BCUT2D eigenvalue weighted by Crippen LogP contribution is -2.11. The molecule has 0 unspecified atom stereocenters. The van der Waals surface area contributed by atoms with Crippen molar-refractivity contribution in [2.24, 2.45) is 0 Å². The molecule has 0 saturated heterocycles. The van der Waals surface area contributed by atoms with Crippen molar-refractivity contribution in [2.45, 2.75) is 6.92 Å². The summed E-state index contributed by atoms with van der Waals surface area (Å²) < 4.78 is 13.2. The highest BCUT2D eigenvalue weighted by atomic mass is 19.1. The van der Waals surface area contributed by atoms with E-state index in [0.717, 1.165) is 17.5 Å². The maximum atomic E-state index is 13.2. The predicted octanol–water partition coefficient (Wildman–Crippen LogP) is 3.71. The minimum atomic E-state index is -0.292. The van der Waals surface area contributed by atoms with Crippen molar-refractivity contribution in [3.63, 3.8) is 0 Å². The first-order chi connectivity index (χ1) is 8.61. The summed E-state index contributed by atoms with van der Waals surface area (Å²) in [4.78, 5) is 12.9. The van der Waals surface area contributed by atoms with Gasteiger partial charge in [-0.25, -0.2) is 4.39 Å². The molecule has 2 aromatic rings. The molecule has 2 rings (SSSR count). The Balaban J connectivity index is 2.45. The fourth-order valence-corrected chi connectivity index (χ4v) is 1.90. The van der Waals surface area contributed by atoms with Crippen molar-refractivity contribution >= 4 is 17.7 Å². The average molecular weight is 243 g/mol. The summed E-state index contributed by atoms with van der Waals surface area (Å²) in [7, 11) is 1.81. The molecule has 0 spiro atoms. The third kappa shape index (κ3) is 2.40. The summed E-state index contributed by atoms with van der Waals surface area (Å²) in [5.74, 6) is -0.292. The number of nitrogens with zero attached hydrogens (tertiary/aromatic N) is 1. The van der Waals surface area contributed by atoms with E-state index in [1.807, 2.05) is 32.2 Å². The lowest BCUT2D eigenvalue weighted by molar-refractivity contribution is 0.112. The van der Waals surface area contributed by atoms with Crippen LogP contribution in [-0.4, -0.2) is 13.3 Å². The van der Waals surface area contributed by atoms with Crippen molar-refractivity contribution in [1.29, 1.82) is 0 Å². The third-order valence-corrected chi connectivity index (χ3v) is 2.87. The number of benzene rings is 2. The van der Waals surface area contributed by atoms with Gasteiger partial charge in [0.05, 0.1) is 5.69 Å². The van der Waals surface area contributed by atoms with Crippen LogP contribution >= 0.6 is 0 Å². The van der Waals surface area contributed by atoms with E-state index in [2.05, 4.69) is 0 Å². The van der Waals surface area contributed by atoms with Crippen LogP contribution in [0.4, 0.5) is 15.8 Å². The van der Waals surface area contributed by atoms with Gasteiger partial charge >= 0.3 is 0 Å². The van der Waals surface area contributed by atoms with Gasteiger partial charge in [0, 0.05) is 18.3 Å². The van der Waals surface area contributed by atoms with Crippen molar-refractivity contribution in [3.8, 4) is 0 Å². The molecule has 0 aliphatic heterocycles. The Morgan fingerprint density at radius 1 is 1.17 bits per heavy atom. The summed E-state index contributed by atoms with van der Waals surface area (Å²) >= 11 is 0. The van der Waals surface area contributed by atoms with Crippen LogP contribution in [0.15, 0.2) is 42.5 Å². The first kappa shape index (κ1) is 12.3. The Kier molecular flexibility index (Phi) is 3.42. The van der Waals surface area contributed by atoms with Gasteiger partial charge in [-0.1, -0.05) is 17.7 Å². The second kappa shape index (κ2) is 5.00. The molecule has 92 valence electrons. The Labute approximate surface area is 106 Å². The maximum Gasteiger partial charge on any atom is 0.152 e. The predicted molar refractivity (Wildman–Crippen MR) is 71.0 cm³/mol. The fourth-order valence-electron chi connectivity index (χ4n) is 1.90. The average Bonchev–Trinajstić information content (AvgIpc) is 2.37. The van der Waals surface area contributed by atoms with Gasteiger partial charge in [0.25, 0.3) is 0 Å². The first-order valence-corrected chi connectivity index (χ1v) is 5.67. The van der Waals surface area contributed by atoms with Crippen LogP contribution in [0.25, 0.3) is 0 Å². The number of carbonyl (C=O) groups excluding carboxylic acids is 1. The molecule has 0 fully saturated rings. The summed E-state index contributed by atoms with van der Waals surface area (Å²) in [6.07, 6.45) is 0.818. The Morgan fingerprint density at radius 3 is 2.61 bits per heavy atom. The van der Waals surface area contributed by atoms with Crippen LogP contribution < -0.4 is 4.90 Å².